The lowest BCUT2D eigenvalue weighted by Gasteiger charge is -2.30. The van der Waals surface area contributed by atoms with Crippen molar-refractivity contribution in [2.24, 2.45) is 0 Å². The van der Waals surface area contributed by atoms with Crippen molar-refractivity contribution in [3.63, 3.8) is 0 Å². The van der Waals surface area contributed by atoms with Crippen molar-refractivity contribution >= 4 is 28.7 Å². The zero-order chi connectivity index (χ0) is 20.6. The summed E-state index contributed by atoms with van der Waals surface area (Å²) in [5.74, 6) is -0.0551. The molecule has 0 atom stereocenters. The summed E-state index contributed by atoms with van der Waals surface area (Å²) in [5, 5.41) is 6.32. The minimum atomic E-state index is -0.0551. The molecule has 6 nitrogen and oxygen atoms in total. The smallest absolute Gasteiger partial charge is 0.243 e. The molecular formula is C23H32N4O2. The van der Waals surface area contributed by atoms with Crippen LogP contribution < -0.4 is 20.4 Å². The van der Waals surface area contributed by atoms with E-state index in [2.05, 4.69) is 52.5 Å². The van der Waals surface area contributed by atoms with E-state index in [1.165, 1.54) is 5.69 Å². The van der Waals surface area contributed by atoms with E-state index in [0.717, 1.165) is 62.0 Å². The van der Waals surface area contributed by atoms with Crippen molar-refractivity contribution in [2.75, 3.05) is 66.4 Å². The summed E-state index contributed by atoms with van der Waals surface area (Å²) in [6.07, 6.45) is 0. The van der Waals surface area contributed by atoms with Crippen LogP contribution in [0.25, 0.3) is 0 Å². The Morgan fingerprint density at radius 2 is 1.79 bits per heavy atom. The Labute approximate surface area is 173 Å². The molecule has 0 aliphatic carbocycles. The first-order valence-corrected chi connectivity index (χ1v) is 10.4. The number of ether oxygens (including phenoxy) is 1. The summed E-state index contributed by atoms with van der Waals surface area (Å²) in [6.45, 7) is 11.7. The molecule has 1 fully saturated rings. The molecule has 1 aliphatic rings. The SMILES string of the molecule is CCN(CC)c1ccc(NC(=O)CNc2ccccc2N2CCOCC2)c(C)c1. The number of rotatable bonds is 8. The Morgan fingerprint density at radius 3 is 2.48 bits per heavy atom. The largest absolute Gasteiger partial charge is 0.378 e. The number of para-hydroxylation sites is 2. The van der Waals surface area contributed by atoms with E-state index in [4.69, 9.17) is 4.74 Å². The molecule has 29 heavy (non-hydrogen) atoms. The lowest BCUT2D eigenvalue weighted by molar-refractivity contribution is -0.114. The zero-order valence-electron chi connectivity index (χ0n) is 17.7. The van der Waals surface area contributed by atoms with Gasteiger partial charge in [-0.15, -0.1) is 0 Å². The topological polar surface area (TPSA) is 56.8 Å². The van der Waals surface area contributed by atoms with Crippen LogP contribution in [0, 0.1) is 6.92 Å². The maximum absolute atomic E-state index is 12.5. The first-order chi connectivity index (χ1) is 14.1. The van der Waals surface area contributed by atoms with Crippen LogP contribution in [-0.2, 0) is 9.53 Å². The molecule has 0 unspecified atom stereocenters. The number of carbonyl (C=O) groups is 1. The van der Waals surface area contributed by atoms with Crippen LogP contribution in [0.1, 0.15) is 19.4 Å². The second kappa shape index (κ2) is 10.2. The van der Waals surface area contributed by atoms with Gasteiger partial charge in [-0.1, -0.05) is 12.1 Å². The highest BCUT2D eigenvalue weighted by atomic mass is 16.5. The maximum Gasteiger partial charge on any atom is 0.243 e. The highest BCUT2D eigenvalue weighted by molar-refractivity contribution is 5.95. The second-order valence-corrected chi connectivity index (χ2v) is 7.19. The first-order valence-electron chi connectivity index (χ1n) is 10.4. The summed E-state index contributed by atoms with van der Waals surface area (Å²) < 4.78 is 5.45. The average molecular weight is 397 g/mol. The molecule has 2 aromatic carbocycles. The van der Waals surface area contributed by atoms with E-state index >= 15 is 0 Å². The molecule has 0 saturated carbocycles. The first kappa shape index (κ1) is 21.0. The summed E-state index contributed by atoms with van der Waals surface area (Å²) in [6, 6.07) is 14.3. The molecular weight excluding hydrogens is 364 g/mol. The van der Waals surface area contributed by atoms with Crippen LogP contribution in [0.3, 0.4) is 0 Å². The molecule has 1 amide bonds. The number of benzene rings is 2. The summed E-state index contributed by atoms with van der Waals surface area (Å²) >= 11 is 0. The lowest BCUT2D eigenvalue weighted by atomic mass is 10.1. The highest BCUT2D eigenvalue weighted by Crippen LogP contribution is 2.26. The van der Waals surface area contributed by atoms with Crippen molar-refractivity contribution in [1.29, 1.82) is 0 Å². The number of carbonyl (C=O) groups excluding carboxylic acids is 1. The molecule has 0 bridgehead atoms. The summed E-state index contributed by atoms with van der Waals surface area (Å²) in [5.41, 5.74) is 5.19. The predicted molar refractivity (Wildman–Crippen MR) is 121 cm³/mol. The van der Waals surface area contributed by atoms with E-state index in [0.29, 0.717) is 0 Å². The molecule has 1 heterocycles. The van der Waals surface area contributed by atoms with Gasteiger partial charge in [0.05, 0.1) is 31.1 Å². The Balaban J connectivity index is 1.61. The molecule has 2 aromatic rings. The van der Waals surface area contributed by atoms with Gasteiger partial charge in [-0.05, 0) is 56.7 Å². The van der Waals surface area contributed by atoms with E-state index in [1.54, 1.807) is 0 Å². The molecule has 6 heteroatoms. The average Bonchev–Trinajstić information content (AvgIpc) is 2.76. The van der Waals surface area contributed by atoms with Gasteiger partial charge in [0.25, 0.3) is 0 Å². The van der Waals surface area contributed by atoms with Crippen LogP contribution in [0.2, 0.25) is 0 Å². The highest BCUT2D eigenvalue weighted by Gasteiger charge is 2.15. The van der Waals surface area contributed by atoms with Gasteiger partial charge in [0.2, 0.25) is 5.91 Å². The van der Waals surface area contributed by atoms with Gasteiger partial charge in [0, 0.05) is 37.6 Å². The fraction of sp³-hybridized carbons (Fsp3) is 0.435. The maximum atomic E-state index is 12.5. The molecule has 2 N–H and O–H groups in total. The van der Waals surface area contributed by atoms with Gasteiger partial charge in [-0.3, -0.25) is 4.79 Å². The third-order valence-corrected chi connectivity index (χ3v) is 5.31. The Morgan fingerprint density at radius 1 is 1.07 bits per heavy atom. The van der Waals surface area contributed by atoms with Crippen molar-refractivity contribution in [2.45, 2.75) is 20.8 Å². The quantitative estimate of drug-likeness (QED) is 0.712. The third kappa shape index (κ3) is 5.41. The molecule has 1 saturated heterocycles. The van der Waals surface area contributed by atoms with Crippen molar-refractivity contribution < 1.29 is 9.53 Å². The Hall–Kier alpha value is -2.73. The number of morpholine rings is 1. The Kier molecular flexibility index (Phi) is 7.36. The van der Waals surface area contributed by atoms with Crippen LogP contribution in [-0.4, -0.2) is 51.8 Å². The molecule has 0 aromatic heterocycles. The predicted octanol–water partition coefficient (Wildman–Crippen LogP) is 3.73. The van der Waals surface area contributed by atoms with Crippen molar-refractivity contribution in [1.82, 2.24) is 0 Å². The standard InChI is InChI=1S/C23H32N4O2/c1-4-26(5-2)19-10-11-20(18(3)16-19)25-23(28)17-24-21-8-6-7-9-22(21)27-12-14-29-15-13-27/h6-11,16,24H,4-5,12-15,17H2,1-3H3,(H,25,28). The fourth-order valence-corrected chi connectivity index (χ4v) is 3.65. The number of anilines is 4. The second-order valence-electron chi connectivity index (χ2n) is 7.19. The fourth-order valence-electron chi connectivity index (χ4n) is 3.65. The van der Waals surface area contributed by atoms with Crippen LogP contribution in [0.15, 0.2) is 42.5 Å². The van der Waals surface area contributed by atoms with E-state index < -0.39 is 0 Å². The van der Waals surface area contributed by atoms with E-state index in [1.807, 2.05) is 31.2 Å². The number of nitrogens with one attached hydrogen (secondary N) is 2. The molecule has 156 valence electrons. The normalized spacial score (nSPS) is 13.8. The molecule has 0 radical (unpaired) electrons. The minimum absolute atomic E-state index is 0.0551. The molecule has 3 rings (SSSR count). The zero-order valence-corrected chi connectivity index (χ0v) is 17.7. The number of nitrogens with zero attached hydrogens (tertiary/aromatic N) is 2. The van der Waals surface area contributed by atoms with Crippen molar-refractivity contribution in [3.8, 4) is 0 Å². The summed E-state index contributed by atoms with van der Waals surface area (Å²) in [7, 11) is 0. The summed E-state index contributed by atoms with van der Waals surface area (Å²) in [4.78, 5) is 17.1. The molecule has 0 spiro atoms. The molecule has 1 aliphatic heterocycles. The van der Waals surface area contributed by atoms with Crippen molar-refractivity contribution in [3.05, 3.63) is 48.0 Å². The monoisotopic (exact) mass is 396 g/mol. The van der Waals surface area contributed by atoms with Gasteiger partial charge in [-0.2, -0.15) is 0 Å². The van der Waals surface area contributed by atoms with E-state index in [9.17, 15) is 4.79 Å². The lowest BCUT2D eigenvalue weighted by Crippen LogP contribution is -2.36. The van der Waals surface area contributed by atoms with Crippen LogP contribution >= 0.6 is 0 Å². The van der Waals surface area contributed by atoms with Gasteiger partial charge >= 0.3 is 0 Å². The Bertz CT molecular complexity index is 814. The minimum Gasteiger partial charge on any atom is -0.378 e. The van der Waals surface area contributed by atoms with Gasteiger partial charge < -0.3 is 25.2 Å². The van der Waals surface area contributed by atoms with Gasteiger partial charge in [0.15, 0.2) is 0 Å². The van der Waals surface area contributed by atoms with Crippen LogP contribution in [0.5, 0.6) is 0 Å². The third-order valence-electron chi connectivity index (χ3n) is 5.31. The van der Waals surface area contributed by atoms with E-state index in [-0.39, 0.29) is 12.5 Å². The van der Waals surface area contributed by atoms with Gasteiger partial charge in [0.1, 0.15) is 0 Å². The number of hydrogen-bond donors (Lipinski definition) is 2. The van der Waals surface area contributed by atoms with Gasteiger partial charge in [-0.25, -0.2) is 0 Å². The number of hydrogen-bond acceptors (Lipinski definition) is 5. The van der Waals surface area contributed by atoms with Crippen LogP contribution in [0.4, 0.5) is 22.7 Å². The number of aryl methyl sites for hydroxylation is 1. The number of amides is 1.